The first-order valence-electron chi connectivity index (χ1n) is 6.67. The van der Waals surface area contributed by atoms with Crippen molar-refractivity contribution in [3.8, 4) is 0 Å². The van der Waals surface area contributed by atoms with Crippen molar-refractivity contribution in [1.29, 1.82) is 0 Å². The van der Waals surface area contributed by atoms with Crippen LogP contribution in [0.1, 0.15) is 12.8 Å². The molecule has 0 fully saturated rings. The molecule has 0 unspecified atom stereocenters. The highest BCUT2D eigenvalue weighted by Crippen LogP contribution is 2.20. The third-order valence-corrected chi connectivity index (χ3v) is 3.58. The number of anilines is 1. The molecule has 0 atom stereocenters. The van der Waals surface area contributed by atoms with E-state index >= 15 is 0 Å². The van der Waals surface area contributed by atoms with Crippen molar-refractivity contribution in [1.82, 2.24) is 14.2 Å². The van der Waals surface area contributed by atoms with E-state index < -0.39 is 18.5 Å². The summed E-state index contributed by atoms with van der Waals surface area (Å²) in [6.45, 7) is -0.459. The van der Waals surface area contributed by atoms with Gasteiger partial charge in [0, 0.05) is 12.8 Å². The number of aromatic nitrogens is 2. The number of carbonyl (C=O) groups excluding carboxylic acids is 3. The number of esters is 1. The summed E-state index contributed by atoms with van der Waals surface area (Å²) in [7, 11) is 0. The topological polar surface area (TPSA) is 123 Å². The van der Waals surface area contributed by atoms with E-state index in [9.17, 15) is 14.4 Å². The first-order valence-corrected chi connectivity index (χ1v) is 7.40. The van der Waals surface area contributed by atoms with Gasteiger partial charge in [-0.15, -0.1) is 0 Å². The Morgan fingerprint density at radius 3 is 2.96 bits per heavy atom. The maximum Gasteiger partial charge on any atom is 0.355 e. The highest BCUT2D eigenvalue weighted by atomic mass is 32.1. The van der Waals surface area contributed by atoms with Crippen molar-refractivity contribution in [2.24, 2.45) is 5.10 Å². The molecule has 118 valence electrons. The van der Waals surface area contributed by atoms with E-state index in [2.05, 4.69) is 24.6 Å². The minimum atomic E-state index is -0.728. The van der Waals surface area contributed by atoms with Crippen LogP contribution in [0.25, 0.3) is 11.0 Å². The molecule has 1 aliphatic heterocycles. The van der Waals surface area contributed by atoms with Gasteiger partial charge in [-0.3, -0.25) is 9.59 Å². The summed E-state index contributed by atoms with van der Waals surface area (Å²) in [5.74, 6) is -1.49. The molecule has 1 aliphatic rings. The van der Waals surface area contributed by atoms with E-state index in [0.717, 1.165) is 11.7 Å². The van der Waals surface area contributed by atoms with Crippen molar-refractivity contribution in [3.63, 3.8) is 0 Å². The summed E-state index contributed by atoms with van der Waals surface area (Å²) >= 11 is 1.04. The third kappa shape index (κ3) is 3.48. The molecule has 0 aliphatic carbocycles. The predicted octanol–water partition coefficient (Wildman–Crippen LogP) is 0.439. The van der Waals surface area contributed by atoms with Gasteiger partial charge in [-0.05, 0) is 12.1 Å². The maximum absolute atomic E-state index is 11.9. The Morgan fingerprint density at radius 2 is 2.17 bits per heavy atom. The zero-order valence-corrected chi connectivity index (χ0v) is 12.6. The highest BCUT2D eigenvalue weighted by molar-refractivity contribution is 7.00. The monoisotopic (exact) mass is 333 g/mol. The van der Waals surface area contributed by atoms with Crippen LogP contribution in [0, 0.1) is 0 Å². The number of rotatable bonds is 4. The zero-order valence-electron chi connectivity index (χ0n) is 11.7. The van der Waals surface area contributed by atoms with Crippen molar-refractivity contribution in [2.45, 2.75) is 12.8 Å². The van der Waals surface area contributed by atoms with Gasteiger partial charge < -0.3 is 10.1 Å². The average Bonchev–Trinajstić information content (AvgIpc) is 3.03. The first-order chi connectivity index (χ1) is 11.1. The number of ether oxygens (including phenoxy) is 1. The largest absolute Gasteiger partial charge is 0.451 e. The molecule has 3 rings (SSSR count). The normalized spacial score (nSPS) is 14.1. The Kier molecular flexibility index (Phi) is 4.24. The third-order valence-electron chi connectivity index (χ3n) is 3.03. The van der Waals surface area contributed by atoms with Crippen molar-refractivity contribution >= 4 is 51.9 Å². The zero-order chi connectivity index (χ0) is 16.2. The van der Waals surface area contributed by atoms with Crippen LogP contribution in [0.5, 0.6) is 0 Å². The molecule has 10 heteroatoms. The molecule has 0 radical (unpaired) electrons. The van der Waals surface area contributed by atoms with Gasteiger partial charge in [0.15, 0.2) is 6.61 Å². The van der Waals surface area contributed by atoms with Crippen molar-refractivity contribution in [2.75, 3.05) is 11.9 Å². The molecule has 2 N–H and O–H groups in total. The van der Waals surface area contributed by atoms with Crippen LogP contribution in [0.3, 0.4) is 0 Å². The van der Waals surface area contributed by atoms with E-state index in [1.807, 2.05) is 0 Å². The van der Waals surface area contributed by atoms with Crippen LogP contribution in [-0.2, 0) is 19.1 Å². The molecular formula is C13H11N5O4S. The van der Waals surface area contributed by atoms with E-state index in [0.29, 0.717) is 16.7 Å². The summed E-state index contributed by atoms with van der Waals surface area (Å²) in [5.41, 5.74) is 4.04. The van der Waals surface area contributed by atoms with Gasteiger partial charge in [-0.1, -0.05) is 6.07 Å². The number of hydrazone groups is 1. The summed E-state index contributed by atoms with van der Waals surface area (Å²) in [4.78, 5) is 34.5. The molecule has 2 aromatic rings. The lowest BCUT2D eigenvalue weighted by atomic mass is 10.2. The number of carbonyl (C=O) groups is 3. The predicted molar refractivity (Wildman–Crippen MR) is 81.8 cm³/mol. The molecule has 23 heavy (non-hydrogen) atoms. The summed E-state index contributed by atoms with van der Waals surface area (Å²) in [5, 5.41) is 6.22. The Bertz CT molecular complexity index is 816. The van der Waals surface area contributed by atoms with Gasteiger partial charge in [0.05, 0.1) is 17.4 Å². The molecule has 0 spiro atoms. The average molecular weight is 333 g/mol. The number of hydrogen-bond acceptors (Lipinski definition) is 8. The number of nitrogens with one attached hydrogen (secondary N) is 2. The molecule has 1 aromatic carbocycles. The standard InChI is InChI=1S/C13H11N5O4S/c19-10-5-4-9(15-16-10)13(21)22-6-11(20)14-7-2-1-3-8-12(7)18-23-17-8/h1-3H,4-6H2,(H,14,20)(H,16,19). The van der Waals surface area contributed by atoms with E-state index in [1.165, 1.54) is 0 Å². The molecular weight excluding hydrogens is 322 g/mol. The second kappa shape index (κ2) is 6.48. The highest BCUT2D eigenvalue weighted by Gasteiger charge is 2.20. The molecule has 0 saturated carbocycles. The lowest BCUT2D eigenvalue weighted by molar-refractivity contribution is -0.140. The second-order valence-corrected chi connectivity index (χ2v) is 5.18. The number of fused-ring (bicyclic) bond motifs is 1. The van der Waals surface area contributed by atoms with Gasteiger partial charge in [0.25, 0.3) is 5.91 Å². The Hall–Kier alpha value is -2.88. The summed E-state index contributed by atoms with van der Waals surface area (Å²) in [6.07, 6.45) is 0.356. The summed E-state index contributed by atoms with van der Waals surface area (Å²) in [6, 6.07) is 5.21. The van der Waals surface area contributed by atoms with Crippen LogP contribution in [0.15, 0.2) is 23.3 Å². The fourth-order valence-electron chi connectivity index (χ4n) is 1.93. The lowest BCUT2D eigenvalue weighted by Gasteiger charge is -2.11. The molecule has 0 saturated heterocycles. The minimum absolute atomic E-state index is 0.0863. The lowest BCUT2D eigenvalue weighted by Crippen LogP contribution is -2.32. The van der Waals surface area contributed by atoms with E-state index in [1.54, 1.807) is 18.2 Å². The Balaban J connectivity index is 1.57. The van der Waals surface area contributed by atoms with Gasteiger partial charge in [-0.2, -0.15) is 13.8 Å². The molecule has 2 heterocycles. The molecule has 0 bridgehead atoms. The molecule has 2 amide bonds. The van der Waals surface area contributed by atoms with Gasteiger partial charge in [0.1, 0.15) is 16.7 Å². The van der Waals surface area contributed by atoms with Crippen molar-refractivity contribution in [3.05, 3.63) is 18.2 Å². The van der Waals surface area contributed by atoms with Crippen molar-refractivity contribution < 1.29 is 19.1 Å². The van der Waals surface area contributed by atoms with Crippen LogP contribution in [-0.4, -0.2) is 38.8 Å². The van der Waals surface area contributed by atoms with Gasteiger partial charge in [0.2, 0.25) is 5.91 Å². The second-order valence-electron chi connectivity index (χ2n) is 4.66. The Morgan fingerprint density at radius 1 is 1.30 bits per heavy atom. The number of hydrogen-bond donors (Lipinski definition) is 2. The van der Waals surface area contributed by atoms with Crippen LogP contribution >= 0.6 is 11.7 Å². The van der Waals surface area contributed by atoms with E-state index in [-0.39, 0.29) is 24.5 Å². The van der Waals surface area contributed by atoms with Crippen LogP contribution in [0.2, 0.25) is 0 Å². The fourth-order valence-corrected chi connectivity index (χ4v) is 2.48. The quantitative estimate of drug-likeness (QED) is 0.783. The fraction of sp³-hybridized carbons (Fsp3) is 0.231. The van der Waals surface area contributed by atoms with E-state index in [4.69, 9.17) is 4.74 Å². The van der Waals surface area contributed by atoms with Crippen LogP contribution < -0.4 is 10.7 Å². The molecule has 9 nitrogen and oxygen atoms in total. The van der Waals surface area contributed by atoms with Crippen LogP contribution in [0.4, 0.5) is 5.69 Å². The summed E-state index contributed by atoms with van der Waals surface area (Å²) < 4.78 is 13.0. The SMILES string of the molecule is O=C1CCC(C(=O)OCC(=O)Nc2cccc3nsnc23)=NN1. The van der Waals surface area contributed by atoms with Gasteiger partial charge >= 0.3 is 5.97 Å². The maximum atomic E-state index is 11.9. The number of amides is 2. The number of benzene rings is 1. The number of nitrogens with zero attached hydrogens (tertiary/aromatic N) is 3. The Labute approximate surface area is 134 Å². The molecule has 1 aromatic heterocycles. The first kappa shape index (κ1) is 15.0. The smallest absolute Gasteiger partial charge is 0.355 e. The minimum Gasteiger partial charge on any atom is -0.451 e. The van der Waals surface area contributed by atoms with Gasteiger partial charge in [-0.25, -0.2) is 10.2 Å².